The third-order valence-corrected chi connectivity index (χ3v) is 4.11. The number of amides is 3. The minimum atomic E-state index is -4.72. The number of benzene rings is 2. The van der Waals surface area contributed by atoms with E-state index in [1.807, 2.05) is 0 Å². The quantitative estimate of drug-likeness (QED) is 0.668. The summed E-state index contributed by atoms with van der Waals surface area (Å²) < 4.78 is 38.1. The molecule has 0 heterocycles. The first-order valence-electron chi connectivity index (χ1n) is 7.50. The zero-order chi connectivity index (χ0) is 20.2. The number of nitrogens with one attached hydrogen (secondary N) is 2. The molecule has 0 saturated heterocycles. The highest BCUT2D eigenvalue weighted by Crippen LogP contribution is 2.33. The van der Waals surface area contributed by atoms with E-state index in [4.69, 9.17) is 23.2 Å². The molecule has 2 N–H and O–H groups in total. The molecule has 0 unspecified atom stereocenters. The Morgan fingerprint density at radius 2 is 1.74 bits per heavy atom. The Morgan fingerprint density at radius 1 is 1.07 bits per heavy atom. The zero-order valence-corrected chi connectivity index (χ0v) is 15.3. The van der Waals surface area contributed by atoms with Gasteiger partial charge in [-0.05, 0) is 36.8 Å². The van der Waals surface area contributed by atoms with Gasteiger partial charge in [0.05, 0.1) is 10.6 Å². The van der Waals surface area contributed by atoms with Crippen molar-refractivity contribution in [3.63, 3.8) is 0 Å². The number of carbonyl (C=O) groups excluding carboxylic acids is 2. The van der Waals surface area contributed by atoms with Crippen LogP contribution in [-0.2, 0) is 0 Å². The summed E-state index contributed by atoms with van der Waals surface area (Å²) in [5, 5.41) is 3.22. The Hall–Kier alpha value is -2.51. The number of rotatable bonds is 3. The first kappa shape index (κ1) is 20.8. The standard InChI is InChI=1S/C18H13Cl2F3N2O2/c1-10-5-4-8-14(12(10)9-15(20)18(21,22)23)24-17(27)25-16(26)11-6-2-3-7-13(11)19/h2-9H,1H3,(H2,24,25,26,27). The summed E-state index contributed by atoms with van der Waals surface area (Å²) in [7, 11) is 0. The number of halogens is 5. The molecule has 0 spiro atoms. The number of anilines is 1. The molecular weight excluding hydrogens is 404 g/mol. The topological polar surface area (TPSA) is 58.2 Å². The highest BCUT2D eigenvalue weighted by molar-refractivity contribution is 6.34. The maximum Gasteiger partial charge on any atom is 0.426 e. The molecule has 0 radical (unpaired) electrons. The maximum absolute atomic E-state index is 12.7. The molecule has 0 bridgehead atoms. The van der Waals surface area contributed by atoms with Crippen LogP contribution in [0.2, 0.25) is 5.02 Å². The average Bonchev–Trinajstić information content (AvgIpc) is 2.57. The third-order valence-electron chi connectivity index (χ3n) is 3.46. The van der Waals surface area contributed by atoms with Gasteiger partial charge in [-0.25, -0.2) is 4.79 Å². The lowest BCUT2D eigenvalue weighted by Gasteiger charge is -2.13. The molecule has 0 aromatic heterocycles. The number of imide groups is 1. The molecule has 0 aliphatic rings. The number of hydrogen-bond donors (Lipinski definition) is 2. The lowest BCUT2D eigenvalue weighted by Crippen LogP contribution is -2.34. The predicted molar refractivity (Wildman–Crippen MR) is 99.0 cm³/mol. The smallest absolute Gasteiger partial charge is 0.307 e. The third kappa shape index (κ3) is 5.48. The van der Waals surface area contributed by atoms with E-state index < -0.39 is 23.1 Å². The van der Waals surface area contributed by atoms with Crippen molar-refractivity contribution in [3.8, 4) is 0 Å². The summed E-state index contributed by atoms with van der Waals surface area (Å²) in [6.45, 7) is 1.56. The van der Waals surface area contributed by atoms with Gasteiger partial charge in [-0.15, -0.1) is 0 Å². The largest absolute Gasteiger partial charge is 0.426 e. The van der Waals surface area contributed by atoms with Gasteiger partial charge in [0, 0.05) is 11.3 Å². The Bertz CT molecular complexity index is 912. The Kier molecular flexibility index (Phi) is 6.51. The van der Waals surface area contributed by atoms with E-state index in [9.17, 15) is 22.8 Å². The van der Waals surface area contributed by atoms with Gasteiger partial charge >= 0.3 is 12.2 Å². The van der Waals surface area contributed by atoms with Crippen molar-refractivity contribution in [2.24, 2.45) is 0 Å². The fourth-order valence-corrected chi connectivity index (χ4v) is 2.49. The molecule has 2 rings (SSSR count). The molecule has 9 heteroatoms. The van der Waals surface area contributed by atoms with Crippen molar-refractivity contribution < 1.29 is 22.8 Å². The monoisotopic (exact) mass is 416 g/mol. The van der Waals surface area contributed by atoms with Crippen LogP contribution in [0.1, 0.15) is 21.5 Å². The molecule has 4 nitrogen and oxygen atoms in total. The van der Waals surface area contributed by atoms with Crippen LogP contribution in [0.3, 0.4) is 0 Å². The molecule has 142 valence electrons. The van der Waals surface area contributed by atoms with Crippen molar-refractivity contribution in [1.29, 1.82) is 0 Å². The van der Waals surface area contributed by atoms with Crippen LogP contribution in [0.4, 0.5) is 23.7 Å². The second-order valence-electron chi connectivity index (χ2n) is 5.41. The van der Waals surface area contributed by atoms with Gasteiger partial charge in [0.15, 0.2) is 0 Å². The minimum Gasteiger partial charge on any atom is -0.307 e. The maximum atomic E-state index is 12.7. The van der Waals surface area contributed by atoms with Gasteiger partial charge in [0.2, 0.25) is 0 Å². The number of carbonyl (C=O) groups is 2. The zero-order valence-electron chi connectivity index (χ0n) is 13.8. The molecule has 0 atom stereocenters. The Labute approximate surface area is 163 Å². The van der Waals surface area contributed by atoms with Gasteiger partial charge in [-0.2, -0.15) is 13.2 Å². The molecular formula is C18H13Cl2F3N2O2. The van der Waals surface area contributed by atoms with E-state index in [1.54, 1.807) is 31.2 Å². The second kappa shape index (κ2) is 8.45. The molecule has 2 aromatic rings. The van der Waals surface area contributed by atoms with E-state index in [1.165, 1.54) is 18.2 Å². The van der Waals surface area contributed by atoms with Crippen molar-refractivity contribution >= 4 is 46.9 Å². The normalized spacial score (nSPS) is 11.9. The summed E-state index contributed by atoms with van der Waals surface area (Å²) in [4.78, 5) is 24.2. The highest BCUT2D eigenvalue weighted by atomic mass is 35.5. The predicted octanol–water partition coefficient (Wildman–Crippen LogP) is 5.75. The van der Waals surface area contributed by atoms with Crippen molar-refractivity contribution in [2.45, 2.75) is 13.1 Å². The van der Waals surface area contributed by atoms with Crippen LogP contribution >= 0.6 is 23.2 Å². The molecule has 0 saturated carbocycles. The first-order chi connectivity index (χ1) is 12.6. The highest BCUT2D eigenvalue weighted by Gasteiger charge is 2.32. The number of aryl methyl sites for hydroxylation is 1. The van der Waals surface area contributed by atoms with Crippen LogP contribution < -0.4 is 10.6 Å². The minimum absolute atomic E-state index is 0.0573. The second-order valence-corrected chi connectivity index (χ2v) is 6.23. The van der Waals surface area contributed by atoms with Gasteiger partial charge in [0.25, 0.3) is 5.91 Å². The summed E-state index contributed by atoms with van der Waals surface area (Å²) in [6.07, 6.45) is -4.01. The number of hydrogen-bond acceptors (Lipinski definition) is 2. The van der Waals surface area contributed by atoms with E-state index in [2.05, 4.69) is 10.6 Å². The first-order valence-corrected chi connectivity index (χ1v) is 8.26. The number of allylic oxidation sites excluding steroid dienone is 1. The van der Waals surface area contributed by atoms with E-state index in [-0.39, 0.29) is 21.8 Å². The number of urea groups is 1. The molecule has 2 aromatic carbocycles. The fourth-order valence-electron chi connectivity index (χ4n) is 2.16. The summed E-state index contributed by atoms with van der Waals surface area (Å²) in [5.41, 5.74) is 0.661. The van der Waals surface area contributed by atoms with Gasteiger partial charge in [-0.1, -0.05) is 47.5 Å². The van der Waals surface area contributed by atoms with Crippen LogP contribution in [0.25, 0.3) is 6.08 Å². The number of alkyl halides is 3. The Morgan fingerprint density at radius 3 is 2.37 bits per heavy atom. The van der Waals surface area contributed by atoms with E-state index >= 15 is 0 Å². The lowest BCUT2D eigenvalue weighted by molar-refractivity contribution is -0.0836. The molecule has 0 aliphatic carbocycles. The van der Waals surface area contributed by atoms with Crippen LogP contribution in [0.5, 0.6) is 0 Å². The van der Waals surface area contributed by atoms with Gasteiger partial charge in [0.1, 0.15) is 5.03 Å². The van der Waals surface area contributed by atoms with E-state index in [0.717, 1.165) is 0 Å². The van der Waals surface area contributed by atoms with Crippen molar-refractivity contribution in [1.82, 2.24) is 5.32 Å². The summed E-state index contributed by atoms with van der Waals surface area (Å²) in [6, 6.07) is 9.66. The summed E-state index contributed by atoms with van der Waals surface area (Å²) >= 11 is 11.2. The average molecular weight is 417 g/mol. The molecule has 0 fully saturated rings. The van der Waals surface area contributed by atoms with Gasteiger partial charge in [-0.3, -0.25) is 10.1 Å². The lowest BCUT2D eigenvalue weighted by atomic mass is 10.1. The van der Waals surface area contributed by atoms with Crippen molar-refractivity contribution in [3.05, 3.63) is 69.2 Å². The Balaban J connectivity index is 2.23. The van der Waals surface area contributed by atoms with E-state index in [0.29, 0.717) is 11.6 Å². The van der Waals surface area contributed by atoms with Crippen LogP contribution in [0.15, 0.2) is 47.5 Å². The van der Waals surface area contributed by atoms with Crippen LogP contribution in [-0.4, -0.2) is 18.1 Å². The van der Waals surface area contributed by atoms with Gasteiger partial charge < -0.3 is 5.32 Å². The van der Waals surface area contributed by atoms with Crippen LogP contribution in [0, 0.1) is 6.92 Å². The summed E-state index contributed by atoms with van der Waals surface area (Å²) in [5.74, 6) is -0.754. The van der Waals surface area contributed by atoms with Crippen molar-refractivity contribution in [2.75, 3.05) is 5.32 Å². The SMILES string of the molecule is Cc1cccc(NC(=O)NC(=O)c2ccccc2Cl)c1C=C(Cl)C(F)(F)F. The molecule has 3 amide bonds. The molecule has 0 aliphatic heterocycles. The fraction of sp³-hybridized carbons (Fsp3) is 0.111. The molecule has 27 heavy (non-hydrogen) atoms.